The molecule has 1 aromatic rings. The van der Waals surface area contributed by atoms with Gasteiger partial charge in [0.05, 0.1) is 25.2 Å². The van der Waals surface area contributed by atoms with Crippen LogP contribution in [0, 0.1) is 5.41 Å². The maximum absolute atomic E-state index is 9.26. The predicted molar refractivity (Wildman–Crippen MR) is 61.1 cm³/mol. The molecule has 0 amide bonds. The van der Waals surface area contributed by atoms with Crippen molar-refractivity contribution >= 4 is 11.3 Å². The highest BCUT2D eigenvalue weighted by Gasteiger charge is 2.37. The first-order valence-corrected chi connectivity index (χ1v) is 6.14. The maximum Gasteiger partial charge on any atom is 0.0579 e. The Balaban J connectivity index is 1.82. The molecule has 0 radical (unpaired) electrons. The van der Waals surface area contributed by atoms with E-state index in [1.165, 1.54) is 5.56 Å². The first-order chi connectivity index (χ1) is 7.26. The topological polar surface area (TPSA) is 41.5 Å². The largest absolute Gasteiger partial charge is 0.396 e. The minimum absolute atomic E-state index is 0.0374. The standard InChI is InChI=1S/C11H17NO2S/c1-9(10-2-3-15-4-10)12-5-11(6-13)7-14-8-11/h2-4,9,12-13H,5-8H2,1H3. The summed E-state index contributed by atoms with van der Waals surface area (Å²) in [4.78, 5) is 0. The highest BCUT2D eigenvalue weighted by molar-refractivity contribution is 7.07. The molecule has 0 spiro atoms. The van der Waals surface area contributed by atoms with E-state index in [0.29, 0.717) is 19.3 Å². The molecule has 0 aliphatic carbocycles. The Hall–Kier alpha value is -0.420. The second kappa shape index (κ2) is 4.61. The number of nitrogens with one attached hydrogen (secondary N) is 1. The van der Waals surface area contributed by atoms with E-state index in [1.54, 1.807) is 11.3 Å². The fraction of sp³-hybridized carbons (Fsp3) is 0.636. The lowest BCUT2D eigenvalue weighted by atomic mass is 9.86. The summed E-state index contributed by atoms with van der Waals surface area (Å²) >= 11 is 1.71. The summed E-state index contributed by atoms with van der Waals surface area (Å²) in [5.74, 6) is 0. The van der Waals surface area contributed by atoms with Crippen LogP contribution in [0.4, 0.5) is 0 Å². The Morgan fingerprint density at radius 1 is 1.67 bits per heavy atom. The molecule has 84 valence electrons. The van der Waals surface area contributed by atoms with Gasteiger partial charge in [0.1, 0.15) is 0 Å². The molecule has 1 fully saturated rings. The molecule has 0 saturated carbocycles. The minimum atomic E-state index is -0.0374. The molecule has 15 heavy (non-hydrogen) atoms. The van der Waals surface area contributed by atoms with Crippen LogP contribution in [0.2, 0.25) is 0 Å². The summed E-state index contributed by atoms with van der Waals surface area (Å²) in [6, 6.07) is 2.48. The van der Waals surface area contributed by atoms with E-state index in [9.17, 15) is 5.11 Å². The highest BCUT2D eigenvalue weighted by atomic mass is 32.1. The minimum Gasteiger partial charge on any atom is -0.396 e. The zero-order valence-electron chi connectivity index (χ0n) is 8.90. The molecule has 3 nitrogen and oxygen atoms in total. The molecule has 2 N–H and O–H groups in total. The third kappa shape index (κ3) is 2.39. The number of aliphatic hydroxyl groups excluding tert-OH is 1. The number of thiophene rings is 1. The number of rotatable bonds is 5. The maximum atomic E-state index is 9.26. The van der Waals surface area contributed by atoms with Crippen molar-refractivity contribution in [1.82, 2.24) is 5.32 Å². The van der Waals surface area contributed by atoms with Crippen LogP contribution in [0.1, 0.15) is 18.5 Å². The van der Waals surface area contributed by atoms with Crippen molar-refractivity contribution in [3.63, 3.8) is 0 Å². The Labute approximate surface area is 94.1 Å². The van der Waals surface area contributed by atoms with Crippen LogP contribution in [0.25, 0.3) is 0 Å². The summed E-state index contributed by atoms with van der Waals surface area (Å²) in [5.41, 5.74) is 1.28. The third-order valence-corrected chi connectivity index (χ3v) is 3.68. The third-order valence-electron chi connectivity index (χ3n) is 2.98. The van der Waals surface area contributed by atoms with Crippen LogP contribution in [-0.4, -0.2) is 31.5 Å². The zero-order valence-corrected chi connectivity index (χ0v) is 9.72. The molecule has 2 heterocycles. The van der Waals surface area contributed by atoms with Crippen LogP contribution in [0.3, 0.4) is 0 Å². The molecule has 1 atom stereocenters. The summed E-state index contributed by atoms with van der Waals surface area (Å²) in [7, 11) is 0. The van der Waals surface area contributed by atoms with E-state index in [1.807, 2.05) is 0 Å². The zero-order chi connectivity index (χ0) is 10.7. The van der Waals surface area contributed by atoms with Crippen LogP contribution in [-0.2, 0) is 4.74 Å². The Kier molecular flexibility index (Phi) is 3.41. The van der Waals surface area contributed by atoms with Crippen molar-refractivity contribution in [1.29, 1.82) is 0 Å². The molecule has 1 aromatic heterocycles. The summed E-state index contributed by atoms with van der Waals surface area (Å²) in [6.07, 6.45) is 0. The molecule has 4 heteroatoms. The number of hydrogen-bond donors (Lipinski definition) is 2. The van der Waals surface area contributed by atoms with E-state index < -0.39 is 0 Å². The van der Waals surface area contributed by atoms with Gasteiger partial charge in [0, 0.05) is 12.6 Å². The molecule has 0 bridgehead atoms. The van der Waals surface area contributed by atoms with E-state index in [2.05, 4.69) is 29.1 Å². The average Bonchev–Trinajstić information content (AvgIpc) is 2.69. The van der Waals surface area contributed by atoms with Gasteiger partial charge in [0.15, 0.2) is 0 Å². The van der Waals surface area contributed by atoms with Gasteiger partial charge >= 0.3 is 0 Å². The molecule has 2 rings (SSSR count). The van der Waals surface area contributed by atoms with Crippen molar-refractivity contribution in [2.75, 3.05) is 26.4 Å². The van der Waals surface area contributed by atoms with Gasteiger partial charge < -0.3 is 15.2 Å². The summed E-state index contributed by atoms with van der Waals surface area (Å²) < 4.78 is 5.15. The number of ether oxygens (including phenoxy) is 1. The van der Waals surface area contributed by atoms with Crippen LogP contribution in [0.5, 0.6) is 0 Å². The van der Waals surface area contributed by atoms with E-state index in [-0.39, 0.29) is 12.0 Å². The lowest BCUT2D eigenvalue weighted by Crippen LogP contribution is -2.52. The fourth-order valence-corrected chi connectivity index (χ4v) is 2.40. The monoisotopic (exact) mass is 227 g/mol. The Bertz CT molecular complexity index is 290. The summed E-state index contributed by atoms with van der Waals surface area (Å²) in [5, 5.41) is 16.9. The second-order valence-electron chi connectivity index (χ2n) is 4.31. The van der Waals surface area contributed by atoms with Crippen molar-refractivity contribution < 1.29 is 9.84 Å². The highest BCUT2D eigenvalue weighted by Crippen LogP contribution is 2.27. The molecular formula is C11H17NO2S. The molecule has 1 unspecified atom stereocenters. The molecule has 1 aliphatic heterocycles. The SMILES string of the molecule is CC(NCC1(CO)COC1)c1ccsc1. The van der Waals surface area contributed by atoms with Gasteiger partial charge in [-0.15, -0.1) is 0 Å². The van der Waals surface area contributed by atoms with Gasteiger partial charge in [-0.3, -0.25) is 0 Å². The molecule has 0 aromatic carbocycles. The molecular weight excluding hydrogens is 210 g/mol. The lowest BCUT2D eigenvalue weighted by molar-refractivity contribution is -0.135. The first-order valence-electron chi connectivity index (χ1n) is 5.20. The van der Waals surface area contributed by atoms with Gasteiger partial charge in [0.25, 0.3) is 0 Å². The normalized spacial score (nSPS) is 20.9. The van der Waals surface area contributed by atoms with Gasteiger partial charge in [-0.1, -0.05) is 0 Å². The van der Waals surface area contributed by atoms with Crippen LogP contribution in [0.15, 0.2) is 16.8 Å². The van der Waals surface area contributed by atoms with E-state index >= 15 is 0 Å². The number of aliphatic hydroxyl groups is 1. The smallest absolute Gasteiger partial charge is 0.0579 e. The molecule has 1 saturated heterocycles. The van der Waals surface area contributed by atoms with Gasteiger partial charge in [-0.25, -0.2) is 0 Å². The Morgan fingerprint density at radius 2 is 2.47 bits per heavy atom. The molecule has 1 aliphatic rings. The van der Waals surface area contributed by atoms with Gasteiger partial charge in [-0.05, 0) is 29.3 Å². The van der Waals surface area contributed by atoms with Crippen molar-refractivity contribution in [2.45, 2.75) is 13.0 Å². The lowest BCUT2D eigenvalue weighted by Gasteiger charge is -2.40. The van der Waals surface area contributed by atoms with Gasteiger partial charge in [0.2, 0.25) is 0 Å². The van der Waals surface area contributed by atoms with Gasteiger partial charge in [-0.2, -0.15) is 11.3 Å². The van der Waals surface area contributed by atoms with Crippen molar-refractivity contribution in [3.8, 4) is 0 Å². The fourth-order valence-electron chi connectivity index (χ4n) is 1.65. The quantitative estimate of drug-likeness (QED) is 0.799. The van der Waals surface area contributed by atoms with E-state index in [4.69, 9.17) is 4.74 Å². The predicted octanol–water partition coefficient (Wildman–Crippen LogP) is 1.41. The van der Waals surface area contributed by atoms with Crippen molar-refractivity contribution in [3.05, 3.63) is 22.4 Å². The summed E-state index contributed by atoms with van der Waals surface area (Å²) in [6.45, 7) is 4.52. The van der Waals surface area contributed by atoms with Crippen LogP contribution < -0.4 is 5.32 Å². The second-order valence-corrected chi connectivity index (χ2v) is 5.09. The Morgan fingerprint density at radius 3 is 2.93 bits per heavy atom. The van der Waals surface area contributed by atoms with E-state index in [0.717, 1.165) is 6.54 Å². The average molecular weight is 227 g/mol. The van der Waals surface area contributed by atoms with Crippen molar-refractivity contribution in [2.24, 2.45) is 5.41 Å². The number of hydrogen-bond acceptors (Lipinski definition) is 4. The first kappa shape index (κ1) is 11.1. The van der Waals surface area contributed by atoms with Crippen LogP contribution >= 0.6 is 11.3 Å².